The average Bonchev–Trinajstić information content (AvgIpc) is 3.14. The van der Waals surface area contributed by atoms with Crippen LogP contribution in [0.5, 0.6) is 0 Å². The summed E-state index contributed by atoms with van der Waals surface area (Å²) in [6, 6.07) is 15.0. The Labute approximate surface area is 169 Å². The molecule has 1 aliphatic heterocycles. The summed E-state index contributed by atoms with van der Waals surface area (Å²) >= 11 is 0. The summed E-state index contributed by atoms with van der Waals surface area (Å²) in [5.41, 5.74) is 1.99. The van der Waals surface area contributed by atoms with Crippen molar-refractivity contribution in [1.82, 2.24) is 14.9 Å². The van der Waals surface area contributed by atoms with E-state index >= 15 is 0 Å². The number of hydrogen-bond acceptors (Lipinski definition) is 5. The smallest absolute Gasteiger partial charge is 0.228 e. The second-order valence-corrected chi connectivity index (χ2v) is 7.32. The van der Waals surface area contributed by atoms with Gasteiger partial charge in [-0.3, -0.25) is 14.6 Å². The molecule has 6 nitrogen and oxygen atoms in total. The molecular formula is C23H23N3O3. The lowest BCUT2D eigenvalue weighted by atomic mass is 9.91. The van der Waals surface area contributed by atoms with Crippen molar-refractivity contribution in [2.75, 3.05) is 13.1 Å². The maximum Gasteiger partial charge on any atom is 0.228 e. The number of nitrogens with zero attached hydrogens (tertiary/aromatic N) is 3. The van der Waals surface area contributed by atoms with E-state index < -0.39 is 0 Å². The maximum absolute atomic E-state index is 12.9. The van der Waals surface area contributed by atoms with Gasteiger partial charge in [-0.1, -0.05) is 24.3 Å². The van der Waals surface area contributed by atoms with Crippen LogP contribution in [0.4, 0.5) is 0 Å². The third-order valence-electron chi connectivity index (χ3n) is 5.29. The number of carbonyl (C=O) groups is 2. The van der Waals surface area contributed by atoms with E-state index in [9.17, 15) is 9.59 Å². The summed E-state index contributed by atoms with van der Waals surface area (Å²) in [5, 5.41) is 0. The first-order chi connectivity index (χ1) is 14.1. The highest BCUT2D eigenvalue weighted by Crippen LogP contribution is 2.24. The number of piperidine rings is 1. The monoisotopic (exact) mass is 389 g/mol. The minimum atomic E-state index is -0.208. The average molecular weight is 389 g/mol. The molecule has 3 aromatic rings. The molecule has 0 spiro atoms. The van der Waals surface area contributed by atoms with Gasteiger partial charge >= 0.3 is 0 Å². The van der Waals surface area contributed by atoms with Gasteiger partial charge in [0, 0.05) is 30.8 Å². The van der Waals surface area contributed by atoms with Crippen LogP contribution in [-0.4, -0.2) is 39.6 Å². The summed E-state index contributed by atoms with van der Waals surface area (Å²) in [6.07, 6.45) is 3.38. The topological polar surface area (TPSA) is 76.3 Å². The molecule has 0 bridgehead atoms. The predicted octanol–water partition coefficient (Wildman–Crippen LogP) is 3.71. The first-order valence-corrected chi connectivity index (χ1v) is 9.86. The highest BCUT2D eigenvalue weighted by Gasteiger charge is 2.30. The molecule has 2 aromatic heterocycles. The Kier molecular flexibility index (Phi) is 5.51. The zero-order valence-corrected chi connectivity index (χ0v) is 16.4. The minimum absolute atomic E-state index is 0.00656. The molecule has 1 atom stereocenters. The Morgan fingerprint density at radius 3 is 2.69 bits per heavy atom. The quantitative estimate of drug-likeness (QED) is 0.622. The number of rotatable bonds is 5. The van der Waals surface area contributed by atoms with Gasteiger partial charge in [0.25, 0.3) is 0 Å². The molecule has 1 aromatic carbocycles. The van der Waals surface area contributed by atoms with E-state index in [4.69, 9.17) is 4.42 Å². The standard InChI is InChI=1S/C23H23N3O3/c1-16-20(25-23(29-16)17-8-3-2-4-9-17)14-21(27)26-13-7-10-18(15-26)22(28)19-11-5-6-12-24-19/h2-6,8-9,11-12,18H,7,10,13-15H2,1H3. The number of aryl methyl sites for hydroxylation is 1. The van der Waals surface area contributed by atoms with Crippen LogP contribution in [0.2, 0.25) is 0 Å². The Morgan fingerprint density at radius 2 is 1.93 bits per heavy atom. The predicted molar refractivity (Wildman–Crippen MR) is 108 cm³/mol. The molecule has 1 fully saturated rings. The van der Waals surface area contributed by atoms with Crippen molar-refractivity contribution in [1.29, 1.82) is 0 Å². The molecule has 0 saturated carbocycles. The third-order valence-corrected chi connectivity index (χ3v) is 5.29. The van der Waals surface area contributed by atoms with Gasteiger partial charge in [0.1, 0.15) is 11.5 Å². The molecule has 1 amide bonds. The Morgan fingerprint density at radius 1 is 1.14 bits per heavy atom. The Balaban J connectivity index is 1.43. The number of oxazole rings is 1. The van der Waals surface area contributed by atoms with Crippen LogP contribution < -0.4 is 0 Å². The molecule has 6 heteroatoms. The highest BCUT2D eigenvalue weighted by molar-refractivity contribution is 5.96. The number of Topliss-reactive ketones (excluding diaryl/α,β-unsaturated/α-hetero) is 1. The lowest BCUT2D eigenvalue weighted by Crippen LogP contribution is -2.43. The van der Waals surface area contributed by atoms with E-state index in [1.54, 1.807) is 23.2 Å². The van der Waals surface area contributed by atoms with Crippen molar-refractivity contribution in [2.24, 2.45) is 5.92 Å². The third kappa shape index (κ3) is 4.26. The van der Waals surface area contributed by atoms with Crippen LogP contribution >= 0.6 is 0 Å². The maximum atomic E-state index is 12.9. The summed E-state index contributed by atoms with van der Waals surface area (Å²) in [6.45, 7) is 2.91. The summed E-state index contributed by atoms with van der Waals surface area (Å²) in [7, 11) is 0. The van der Waals surface area contributed by atoms with Gasteiger partial charge in [-0.15, -0.1) is 0 Å². The van der Waals surface area contributed by atoms with Gasteiger partial charge in [0.05, 0.1) is 12.1 Å². The number of amides is 1. The number of ketones is 1. The van der Waals surface area contributed by atoms with Gasteiger partial charge in [0.2, 0.25) is 11.8 Å². The Hall–Kier alpha value is -3.28. The van der Waals surface area contributed by atoms with Crippen molar-refractivity contribution in [3.05, 3.63) is 71.9 Å². The minimum Gasteiger partial charge on any atom is -0.441 e. The largest absolute Gasteiger partial charge is 0.441 e. The van der Waals surface area contributed by atoms with Crippen LogP contribution in [0.15, 0.2) is 59.1 Å². The second-order valence-electron chi connectivity index (χ2n) is 7.32. The SMILES string of the molecule is Cc1oc(-c2ccccc2)nc1CC(=O)N1CCCC(C(=O)c2ccccn2)C1. The van der Waals surface area contributed by atoms with Crippen LogP contribution in [0.1, 0.15) is 34.8 Å². The molecule has 0 aliphatic carbocycles. The molecule has 0 radical (unpaired) electrons. The van der Waals surface area contributed by atoms with E-state index in [0.29, 0.717) is 36.1 Å². The van der Waals surface area contributed by atoms with Crippen LogP contribution in [0.25, 0.3) is 11.5 Å². The molecular weight excluding hydrogens is 366 g/mol. The number of hydrogen-bond donors (Lipinski definition) is 0. The highest BCUT2D eigenvalue weighted by atomic mass is 16.4. The van der Waals surface area contributed by atoms with Crippen LogP contribution in [0, 0.1) is 12.8 Å². The van der Waals surface area contributed by atoms with E-state index in [0.717, 1.165) is 18.4 Å². The zero-order valence-electron chi connectivity index (χ0n) is 16.4. The summed E-state index contributed by atoms with van der Waals surface area (Å²) in [4.78, 5) is 36.1. The fourth-order valence-corrected chi connectivity index (χ4v) is 3.69. The van der Waals surface area contributed by atoms with Crippen molar-refractivity contribution in [3.8, 4) is 11.5 Å². The molecule has 4 rings (SSSR count). The molecule has 1 unspecified atom stereocenters. The van der Waals surface area contributed by atoms with Gasteiger partial charge < -0.3 is 9.32 Å². The number of pyridine rings is 1. The van der Waals surface area contributed by atoms with Crippen molar-refractivity contribution >= 4 is 11.7 Å². The number of likely N-dealkylation sites (tertiary alicyclic amines) is 1. The van der Waals surface area contributed by atoms with Gasteiger partial charge in [-0.05, 0) is 44.0 Å². The zero-order chi connectivity index (χ0) is 20.2. The normalized spacial score (nSPS) is 16.6. The fourth-order valence-electron chi connectivity index (χ4n) is 3.69. The molecule has 1 saturated heterocycles. The van der Waals surface area contributed by atoms with E-state index in [2.05, 4.69) is 9.97 Å². The molecule has 3 heterocycles. The van der Waals surface area contributed by atoms with Crippen LogP contribution in [0.3, 0.4) is 0 Å². The van der Waals surface area contributed by atoms with Crippen molar-refractivity contribution in [3.63, 3.8) is 0 Å². The first-order valence-electron chi connectivity index (χ1n) is 9.86. The van der Waals surface area contributed by atoms with Crippen molar-refractivity contribution in [2.45, 2.75) is 26.2 Å². The molecule has 148 valence electrons. The fraction of sp³-hybridized carbons (Fsp3) is 0.304. The van der Waals surface area contributed by atoms with Crippen molar-refractivity contribution < 1.29 is 14.0 Å². The van der Waals surface area contributed by atoms with E-state index in [1.165, 1.54) is 0 Å². The first kappa shape index (κ1) is 19.1. The second kappa shape index (κ2) is 8.39. The summed E-state index contributed by atoms with van der Waals surface area (Å²) in [5.74, 6) is 0.940. The van der Waals surface area contributed by atoms with E-state index in [1.807, 2.05) is 43.3 Å². The van der Waals surface area contributed by atoms with Gasteiger partial charge in [0.15, 0.2) is 5.78 Å². The number of aromatic nitrogens is 2. The number of benzene rings is 1. The Bertz CT molecular complexity index is 999. The summed E-state index contributed by atoms with van der Waals surface area (Å²) < 4.78 is 5.76. The van der Waals surface area contributed by atoms with Gasteiger partial charge in [-0.2, -0.15) is 0 Å². The molecule has 29 heavy (non-hydrogen) atoms. The molecule has 1 aliphatic rings. The lowest BCUT2D eigenvalue weighted by molar-refractivity contribution is -0.131. The van der Waals surface area contributed by atoms with Crippen LogP contribution in [-0.2, 0) is 11.2 Å². The van der Waals surface area contributed by atoms with Gasteiger partial charge in [-0.25, -0.2) is 4.98 Å². The van der Waals surface area contributed by atoms with E-state index in [-0.39, 0.29) is 24.0 Å². The molecule has 0 N–H and O–H groups in total. The number of carbonyl (C=O) groups excluding carboxylic acids is 2. The lowest BCUT2D eigenvalue weighted by Gasteiger charge is -2.31.